The van der Waals surface area contributed by atoms with Crippen molar-refractivity contribution in [2.45, 2.75) is 68.8 Å². The van der Waals surface area contributed by atoms with Crippen molar-refractivity contribution in [3.05, 3.63) is 53.6 Å². The Morgan fingerprint density at radius 3 is 2.26 bits per heavy atom. The van der Waals surface area contributed by atoms with Gasteiger partial charge in [0.05, 0.1) is 30.9 Å². The van der Waals surface area contributed by atoms with Crippen LogP contribution in [-0.2, 0) is 9.84 Å². The maximum absolute atomic E-state index is 13.7. The number of hydrogen-bond donors (Lipinski definition) is 1. The third kappa shape index (κ3) is 5.07. The number of methoxy groups -OCH3 is 2. The van der Waals surface area contributed by atoms with Crippen molar-refractivity contribution in [2.75, 3.05) is 20.0 Å². The number of hydrogen-bond acceptors (Lipinski definition) is 5. The van der Waals surface area contributed by atoms with E-state index >= 15 is 0 Å². The third-order valence-corrected chi connectivity index (χ3v) is 8.16. The lowest BCUT2D eigenvalue weighted by Crippen LogP contribution is -2.50. The first-order valence-corrected chi connectivity index (χ1v) is 12.9. The van der Waals surface area contributed by atoms with Gasteiger partial charge in [0.25, 0.3) is 0 Å². The van der Waals surface area contributed by atoms with Crippen LogP contribution < -0.4 is 14.8 Å². The number of sulfone groups is 1. The number of rotatable bonds is 9. The van der Waals surface area contributed by atoms with E-state index in [1.165, 1.54) is 7.11 Å². The van der Waals surface area contributed by atoms with Crippen LogP contribution in [0.4, 0.5) is 0 Å². The van der Waals surface area contributed by atoms with Gasteiger partial charge in [-0.05, 0) is 30.0 Å². The molecule has 2 atom stereocenters. The summed E-state index contributed by atoms with van der Waals surface area (Å²) in [7, 11) is -0.432. The molecule has 31 heavy (non-hydrogen) atoms. The second-order valence-corrected chi connectivity index (χ2v) is 10.4. The molecule has 0 aliphatic carbocycles. The summed E-state index contributed by atoms with van der Waals surface area (Å²) in [5, 5.41) is 3.83. The molecule has 170 valence electrons. The Hall–Kier alpha value is -2.05. The second kappa shape index (κ2) is 10.0. The van der Waals surface area contributed by atoms with E-state index in [4.69, 9.17) is 9.47 Å². The van der Waals surface area contributed by atoms with Crippen LogP contribution in [0.15, 0.2) is 47.4 Å². The van der Waals surface area contributed by atoms with E-state index in [-0.39, 0.29) is 11.8 Å². The monoisotopic (exact) mass is 445 g/mol. The zero-order valence-electron chi connectivity index (χ0n) is 19.1. The highest BCUT2D eigenvalue weighted by molar-refractivity contribution is 7.91. The van der Waals surface area contributed by atoms with E-state index in [0.717, 1.165) is 49.7 Å². The molecule has 6 heteroatoms. The fraction of sp³-hybridized carbons (Fsp3) is 0.520. The minimum atomic E-state index is -3.54. The van der Waals surface area contributed by atoms with Crippen LogP contribution in [0.2, 0.25) is 0 Å². The Balaban J connectivity index is 2.23. The minimum absolute atomic E-state index is 0.0867. The molecule has 0 saturated carbocycles. The van der Waals surface area contributed by atoms with Crippen LogP contribution in [0.1, 0.15) is 69.5 Å². The summed E-state index contributed by atoms with van der Waals surface area (Å²) in [5.41, 5.74) is 1.28. The SMILES string of the molecule is CCCCC[C@]1(CCC)CS(=O)(=O)c2cc(OC)c(OC)cc2[C@@H](c2ccccc2)N1. The van der Waals surface area contributed by atoms with Gasteiger partial charge in [-0.25, -0.2) is 8.42 Å². The van der Waals surface area contributed by atoms with Gasteiger partial charge in [0.2, 0.25) is 0 Å². The number of unbranched alkanes of at least 4 members (excludes halogenated alkanes) is 2. The first kappa shape index (κ1) is 23.6. The van der Waals surface area contributed by atoms with Crippen molar-refractivity contribution in [1.82, 2.24) is 5.32 Å². The lowest BCUT2D eigenvalue weighted by Gasteiger charge is -2.36. The Labute approximate surface area is 187 Å². The zero-order chi connectivity index (χ0) is 22.5. The fourth-order valence-corrected chi connectivity index (χ4v) is 6.83. The molecule has 1 aliphatic rings. The minimum Gasteiger partial charge on any atom is -0.493 e. The van der Waals surface area contributed by atoms with E-state index in [0.29, 0.717) is 16.4 Å². The molecule has 0 spiro atoms. The summed E-state index contributed by atoms with van der Waals surface area (Å²) in [6, 6.07) is 13.3. The number of benzene rings is 2. The molecule has 0 amide bonds. The van der Waals surface area contributed by atoms with Crippen molar-refractivity contribution in [2.24, 2.45) is 0 Å². The van der Waals surface area contributed by atoms with Crippen LogP contribution in [0, 0.1) is 0 Å². The Bertz CT molecular complexity index is 975. The fourth-order valence-electron chi connectivity index (χ4n) is 4.75. The lowest BCUT2D eigenvalue weighted by atomic mass is 9.86. The van der Waals surface area contributed by atoms with E-state index in [2.05, 4.69) is 31.3 Å². The first-order chi connectivity index (χ1) is 14.9. The van der Waals surface area contributed by atoms with Gasteiger partial charge in [0.15, 0.2) is 21.3 Å². The Morgan fingerprint density at radius 1 is 0.968 bits per heavy atom. The van der Waals surface area contributed by atoms with E-state index < -0.39 is 15.4 Å². The van der Waals surface area contributed by atoms with E-state index in [9.17, 15) is 8.42 Å². The van der Waals surface area contributed by atoms with Crippen LogP contribution in [0.25, 0.3) is 0 Å². The summed E-state index contributed by atoms with van der Waals surface area (Å²) in [6.07, 6.45) is 5.76. The molecular weight excluding hydrogens is 410 g/mol. The van der Waals surface area contributed by atoms with E-state index in [1.807, 2.05) is 24.3 Å². The van der Waals surface area contributed by atoms with Gasteiger partial charge in [0.1, 0.15) is 0 Å². The Morgan fingerprint density at radius 2 is 1.65 bits per heavy atom. The standard InChI is InChI=1S/C25H35NO4S/c1-5-7-11-15-25(14-6-2)18-31(27,28)23-17-22(30-4)21(29-3)16-20(23)24(26-25)19-12-9-8-10-13-19/h8-10,12-13,16-17,24,26H,5-7,11,14-15,18H2,1-4H3/t24-,25-/m1/s1. The number of fused-ring (bicyclic) bond motifs is 1. The van der Waals surface area contributed by atoms with Gasteiger partial charge in [-0.3, -0.25) is 5.32 Å². The third-order valence-electron chi connectivity index (χ3n) is 6.20. The Kier molecular flexibility index (Phi) is 7.65. The zero-order valence-corrected chi connectivity index (χ0v) is 19.9. The summed E-state index contributed by atoms with van der Waals surface area (Å²) < 4.78 is 38.4. The van der Waals surface area contributed by atoms with Crippen LogP contribution >= 0.6 is 0 Å². The summed E-state index contributed by atoms with van der Waals surface area (Å²) in [4.78, 5) is 0.333. The maximum atomic E-state index is 13.7. The van der Waals surface area contributed by atoms with E-state index in [1.54, 1.807) is 13.2 Å². The highest BCUT2D eigenvalue weighted by Crippen LogP contribution is 2.43. The lowest BCUT2D eigenvalue weighted by molar-refractivity contribution is 0.280. The average molecular weight is 446 g/mol. The van der Waals surface area contributed by atoms with Crippen molar-refractivity contribution in [3.63, 3.8) is 0 Å². The quantitative estimate of drug-likeness (QED) is 0.531. The van der Waals surface area contributed by atoms with Crippen LogP contribution in [-0.4, -0.2) is 33.9 Å². The molecule has 0 fully saturated rings. The topological polar surface area (TPSA) is 64.6 Å². The van der Waals surface area contributed by atoms with Gasteiger partial charge < -0.3 is 9.47 Å². The molecule has 0 bridgehead atoms. The van der Waals surface area contributed by atoms with Crippen LogP contribution in [0.5, 0.6) is 11.5 Å². The van der Waals surface area contributed by atoms with Crippen LogP contribution in [0.3, 0.4) is 0 Å². The molecule has 1 N–H and O–H groups in total. The van der Waals surface area contributed by atoms with Gasteiger partial charge in [-0.1, -0.05) is 69.9 Å². The first-order valence-electron chi connectivity index (χ1n) is 11.2. The number of nitrogens with one attached hydrogen (secondary N) is 1. The van der Waals surface area contributed by atoms with Crippen molar-refractivity contribution < 1.29 is 17.9 Å². The number of ether oxygens (including phenoxy) is 2. The summed E-state index contributed by atoms with van der Waals surface area (Å²) >= 11 is 0. The molecule has 5 nitrogen and oxygen atoms in total. The smallest absolute Gasteiger partial charge is 0.180 e. The molecular formula is C25H35NO4S. The second-order valence-electron chi connectivity index (χ2n) is 8.48. The molecule has 0 saturated heterocycles. The highest BCUT2D eigenvalue weighted by atomic mass is 32.2. The molecule has 0 unspecified atom stereocenters. The predicted molar refractivity (Wildman–Crippen MR) is 125 cm³/mol. The normalized spacial score (nSPS) is 22.4. The highest BCUT2D eigenvalue weighted by Gasteiger charge is 2.42. The summed E-state index contributed by atoms with van der Waals surface area (Å²) in [5.74, 6) is 1.06. The van der Waals surface area contributed by atoms with Crippen molar-refractivity contribution in [3.8, 4) is 11.5 Å². The summed E-state index contributed by atoms with van der Waals surface area (Å²) in [6.45, 7) is 4.29. The van der Waals surface area contributed by atoms with Gasteiger partial charge in [0, 0.05) is 11.6 Å². The maximum Gasteiger partial charge on any atom is 0.180 e. The molecule has 0 aromatic heterocycles. The molecule has 3 rings (SSSR count). The molecule has 2 aromatic carbocycles. The van der Waals surface area contributed by atoms with Gasteiger partial charge in [-0.15, -0.1) is 0 Å². The molecule has 1 aliphatic heterocycles. The van der Waals surface area contributed by atoms with Crippen molar-refractivity contribution >= 4 is 9.84 Å². The average Bonchev–Trinajstić information content (AvgIpc) is 2.86. The predicted octanol–water partition coefficient (Wildman–Crippen LogP) is 5.29. The van der Waals surface area contributed by atoms with Gasteiger partial charge in [-0.2, -0.15) is 0 Å². The molecule has 1 heterocycles. The largest absolute Gasteiger partial charge is 0.493 e. The molecule has 0 radical (unpaired) electrons. The molecule has 2 aromatic rings. The van der Waals surface area contributed by atoms with Crippen molar-refractivity contribution in [1.29, 1.82) is 0 Å². The van der Waals surface area contributed by atoms with Gasteiger partial charge >= 0.3 is 0 Å².